The molecule has 12 nitrogen and oxygen atoms in total. The molecule has 2 aromatic heterocycles. The highest BCUT2D eigenvalue weighted by atomic mass is 19.1. The fraction of sp³-hybridized carbons (Fsp3) is 0.423. The van der Waals surface area contributed by atoms with Gasteiger partial charge in [0, 0.05) is 36.5 Å². The Hall–Kier alpha value is -3.94. The maximum absolute atomic E-state index is 15.1. The molecule has 0 radical (unpaired) electrons. The third-order valence-corrected chi connectivity index (χ3v) is 6.29. The van der Waals surface area contributed by atoms with Crippen molar-refractivity contribution >= 4 is 17.5 Å². The Kier molecular flexibility index (Phi) is 8.10. The molecule has 206 valence electrons. The van der Waals surface area contributed by atoms with E-state index in [2.05, 4.69) is 20.5 Å². The lowest BCUT2D eigenvalue weighted by Crippen LogP contribution is -2.30. The molecule has 1 unspecified atom stereocenters. The van der Waals surface area contributed by atoms with Crippen LogP contribution >= 0.6 is 0 Å². The number of pyridine rings is 1. The highest BCUT2D eigenvalue weighted by Gasteiger charge is 2.33. The number of halogens is 1. The standard InChI is InChI=1S/C26H30FN7O5/c1-32(2)12-19(35)15-37-16-20-10-25(30-39-20)24-6-3-17(11-28-24)22-5-4-18(9-23(22)27)34-14-21(38-26(34)36)13-33-8-7-29-31-33/h3-9,11,19-21,35H,10,12-16H2,1-2H3/t19?,20-,21-/m0/s1. The molecule has 1 amide bonds. The van der Waals surface area contributed by atoms with Crippen molar-refractivity contribution < 1.29 is 28.6 Å². The molecule has 3 atom stereocenters. The van der Waals surface area contributed by atoms with Gasteiger partial charge in [0.15, 0.2) is 6.10 Å². The Morgan fingerprint density at radius 3 is 2.85 bits per heavy atom. The van der Waals surface area contributed by atoms with Crippen molar-refractivity contribution in [2.24, 2.45) is 5.16 Å². The van der Waals surface area contributed by atoms with Crippen LogP contribution in [0.1, 0.15) is 12.1 Å². The van der Waals surface area contributed by atoms with Gasteiger partial charge in [-0.05, 0) is 38.4 Å². The second kappa shape index (κ2) is 11.8. The van der Waals surface area contributed by atoms with E-state index in [1.807, 2.05) is 19.0 Å². The molecule has 2 aliphatic rings. The molecule has 0 spiro atoms. The highest BCUT2D eigenvalue weighted by Crippen LogP contribution is 2.29. The fourth-order valence-corrected chi connectivity index (χ4v) is 4.47. The van der Waals surface area contributed by atoms with Crippen molar-refractivity contribution in [2.45, 2.75) is 31.3 Å². The van der Waals surface area contributed by atoms with Crippen molar-refractivity contribution in [2.75, 3.05) is 45.3 Å². The average Bonchev–Trinajstić information content (AvgIpc) is 3.66. The van der Waals surface area contributed by atoms with Crippen LogP contribution < -0.4 is 4.90 Å². The Morgan fingerprint density at radius 1 is 1.26 bits per heavy atom. The topological polar surface area (TPSA) is 127 Å². The summed E-state index contributed by atoms with van der Waals surface area (Å²) in [6.45, 7) is 1.68. The first-order chi connectivity index (χ1) is 18.9. The van der Waals surface area contributed by atoms with Crippen LogP contribution in [0.4, 0.5) is 14.9 Å². The van der Waals surface area contributed by atoms with E-state index < -0.39 is 24.1 Å². The maximum Gasteiger partial charge on any atom is 0.414 e. The molecule has 0 saturated carbocycles. The van der Waals surface area contributed by atoms with E-state index in [1.54, 1.807) is 47.5 Å². The van der Waals surface area contributed by atoms with Gasteiger partial charge < -0.3 is 24.3 Å². The zero-order chi connectivity index (χ0) is 27.4. The van der Waals surface area contributed by atoms with Crippen LogP contribution in [0.3, 0.4) is 0 Å². The maximum atomic E-state index is 15.1. The normalized spacial score (nSPS) is 19.8. The second-order valence-corrected chi connectivity index (χ2v) is 9.76. The summed E-state index contributed by atoms with van der Waals surface area (Å²) >= 11 is 0. The number of nitrogens with zero attached hydrogens (tertiary/aromatic N) is 7. The van der Waals surface area contributed by atoms with Crippen LogP contribution in [-0.2, 0) is 20.9 Å². The third kappa shape index (κ3) is 6.56. The van der Waals surface area contributed by atoms with Crippen molar-refractivity contribution in [3.05, 3.63) is 60.4 Å². The van der Waals surface area contributed by atoms with E-state index in [0.717, 1.165) is 0 Å². The molecule has 1 fully saturated rings. The molecule has 4 heterocycles. The van der Waals surface area contributed by atoms with E-state index in [0.29, 0.717) is 54.3 Å². The van der Waals surface area contributed by atoms with Crippen molar-refractivity contribution in [1.29, 1.82) is 0 Å². The third-order valence-electron chi connectivity index (χ3n) is 6.29. The summed E-state index contributed by atoms with van der Waals surface area (Å²) in [4.78, 5) is 25.6. The van der Waals surface area contributed by atoms with Gasteiger partial charge in [-0.1, -0.05) is 16.4 Å². The number of benzene rings is 1. The minimum Gasteiger partial charge on any atom is -0.442 e. The van der Waals surface area contributed by atoms with Gasteiger partial charge in [-0.15, -0.1) is 5.10 Å². The van der Waals surface area contributed by atoms with E-state index >= 15 is 4.39 Å². The first-order valence-electron chi connectivity index (χ1n) is 12.6. The Morgan fingerprint density at radius 2 is 2.13 bits per heavy atom. The summed E-state index contributed by atoms with van der Waals surface area (Å²) in [5, 5.41) is 21.6. The van der Waals surface area contributed by atoms with Gasteiger partial charge in [0.1, 0.15) is 17.6 Å². The molecule has 5 rings (SSSR count). The molecule has 1 saturated heterocycles. The van der Waals surface area contributed by atoms with Crippen LogP contribution in [0.2, 0.25) is 0 Å². The Bertz CT molecular complexity index is 1300. The molecule has 0 bridgehead atoms. The van der Waals surface area contributed by atoms with Crippen LogP contribution in [-0.4, -0.2) is 100 Å². The summed E-state index contributed by atoms with van der Waals surface area (Å²) in [6, 6.07) is 8.15. The SMILES string of the molecule is CN(C)CC(O)COC[C@@H]1CC(c2ccc(-c3ccc(N4C[C@H](Cn5ccnn5)OC4=O)cc3F)cn2)=NO1. The van der Waals surface area contributed by atoms with Gasteiger partial charge in [-0.25, -0.2) is 13.9 Å². The number of aliphatic hydroxyl groups is 1. The molecular formula is C26H30FN7O5. The minimum atomic E-state index is -0.572. The van der Waals surface area contributed by atoms with E-state index in [4.69, 9.17) is 14.3 Å². The van der Waals surface area contributed by atoms with Crippen LogP contribution in [0.25, 0.3) is 11.1 Å². The molecule has 13 heteroatoms. The first-order valence-corrected chi connectivity index (χ1v) is 12.6. The summed E-state index contributed by atoms with van der Waals surface area (Å²) in [7, 11) is 3.77. The summed E-state index contributed by atoms with van der Waals surface area (Å²) < 4.78 is 27.6. The largest absolute Gasteiger partial charge is 0.442 e. The summed E-state index contributed by atoms with van der Waals surface area (Å²) in [5.41, 5.74) is 2.66. The van der Waals surface area contributed by atoms with Crippen LogP contribution in [0.5, 0.6) is 0 Å². The molecule has 2 aliphatic heterocycles. The van der Waals surface area contributed by atoms with Gasteiger partial charge >= 0.3 is 6.09 Å². The number of carbonyl (C=O) groups is 1. The number of aromatic nitrogens is 4. The molecule has 39 heavy (non-hydrogen) atoms. The number of aliphatic hydroxyl groups excluding tert-OH is 1. The lowest BCUT2D eigenvalue weighted by molar-refractivity contribution is -0.0300. The quantitative estimate of drug-likeness (QED) is 0.389. The second-order valence-electron chi connectivity index (χ2n) is 9.76. The first kappa shape index (κ1) is 26.7. The molecular weight excluding hydrogens is 509 g/mol. The van der Waals surface area contributed by atoms with Crippen molar-refractivity contribution in [3.63, 3.8) is 0 Å². The van der Waals surface area contributed by atoms with E-state index in [9.17, 15) is 9.90 Å². The van der Waals surface area contributed by atoms with Gasteiger partial charge in [-0.3, -0.25) is 9.88 Å². The number of hydrogen-bond donors (Lipinski definition) is 1. The predicted octanol–water partition coefficient (Wildman–Crippen LogP) is 1.94. The van der Waals surface area contributed by atoms with Crippen molar-refractivity contribution in [3.8, 4) is 11.1 Å². The summed E-state index contributed by atoms with van der Waals surface area (Å²) in [6.07, 6.45) is 3.55. The monoisotopic (exact) mass is 539 g/mol. The van der Waals surface area contributed by atoms with Gasteiger partial charge in [0.2, 0.25) is 0 Å². The number of carbonyl (C=O) groups excluding carboxylic acids is 1. The fourth-order valence-electron chi connectivity index (χ4n) is 4.47. The number of likely N-dealkylation sites (N-methyl/N-ethyl adjacent to an activating group) is 1. The Balaban J connectivity index is 1.16. The zero-order valence-corrected chi connectivity index (χ0v) is 21.7. The number of rotatable bonds is 11. The molecule has 1 aromatic carbocycles. The average molecular weight is 540 g/mol. The molecule has 1 N–H and O–H groups in total. The minimum absolute atomic E-state index is 0.215. The van der Waals surface area contributed by atoms with Crippen LogP contribution in [0, 0.1) is 5.82 Å². The number of ether oxygens (including phenoxy) is 2. The molecule has 3 aromatic rings. The molecule has 0 aliphatic carbocycles. The van der Waals surface area contributed by atoms with E-state index in [1.165, 1.54) is 11.0 Å². The smallest absolute Gasteiger partial charge is 0.414 e. The lowest BCUT2D eigenvalue weighted by Gasteiger charge is -2.16. The highest BCUT2D eigenvalue weighted by molar-refractivity contribution is 5.99. The summed E-state index contributed by atoms with van der Waals surface area (Å²) in [5.74, 6) is -0.482. The van der Waals surface area contributed by atoms with Gasteiger partial charge in [0.25, 0.3) is 0 Å². The van der Waals surface area contributed by atoms with Crippen LogP contribution in [0.15, 0.2) is 54.1 Å². The van der Waals surface area contributed by atoms with Gasteiger partial charge in [-0.2, -0.15) is 0 Å². The Labute approximate surface area is 224 Å². The lowest BCUT2D eigenvalue weighted by atomic mass is 10.0. The predicted molar refractivity (Wildman–Crippen MR) is 139 cm³/mol. The van der Waals surface area contributed by atoms with Crippen molar-refractivity contribution in [1.82, 2.24) is 24.9 Å². The van der Waals surface area contributed by atoms with E-state index in [-0.39, 0.29) is 19.3 Å². The number of anilines is 1. The number of hydrogen-bond acceptors (Lipinski definition) is 10. The van der Waals surface area contributed by atoms with Gasteiger partial charge in [0.05, 0.1) is 50.0 Å². The number of oxime groups is 1. The number of cyclic esters (lactones) is 1. The number of amides is 1. The zero-order valence-electron chi connectivity index (χ0n) is 21.7.